The predicted molar refractivity (Wildman–Crippen MR) is 83.9 cm³/mol. The van der Waals surface area contributed by atoms with E-state index in [1.807, 2.05) is 0 Å². The molecule has 21 heavy (non-hydrogen) atoms. The van der Waals surface area contributed by atoms with Crippen molar-refractivity contribution in [2.24, 2.45) is 23.2 Å². The second kappa shape index (κ2) is 5.26. The Morgan fingerprint density at radius 3 is 2.24 bits per heavy atom. The van der Waals surface area contributed by atoms with E-state index in [1.165, 1.54) is 38.5 Å². The molecule has 1 unspecified atom stereocenters. The first-order valence-electron chi connectivity index (χ1n) is 9.17. The molecule has 0 aromatic carbocycles. The fourth-order valence-corrected chi connectivity index (χ4v) is 6.47. The van der Waals surface area contributed by atoms with Gasteiger partial charge in [0.2, 0.25) is 5.91 Å². The van der Waals surface area contributed by atoms with Crippen molar-refractivity contribution in [3.63, 3.8) is 0 Å². The highest BCUT2D eigenvalue weighted by Gasteiger charge is 2.51. The summed E-state index contributed by atoms with van der Waals surface area (Å²) in [5, 5.41) is 3.41. The molecule has 3 nitrogen and oxygen atoms in total. The first-order valence-corrected chi connectivity index (χ1v) is 9.17. The summed E-state index contributed by atoms with van der Waals surface area (Å²) < 4.78 is 0. The van der Waals surface area contributed by atoms with Crippen molar-refractivity contribution in [3.05, 3.63) is 0 Å². The van der Waals surface area contributed by atoms with Gasteiger partial charge in [0.15, 0.2) is 0 Å². The van der Waals surface area contributed by atoms with E-state index in [4.69, 9.17) is 0 Å². The fraction of sp³-hybridized carbons (Fsp3) is 0.944. The predicted octanol–water partition coefficient (Wildman–Crippen LogP) is 2.80. The van der Waals surface area contributed by atoms with Crippen LogP contribution in [-0.4, -0.2) is 36.5 Å². The number of nitrogens with one attached hydrogen (secondary N) is 1. The molecule has 5 aliphatic rings. The molecule has 0 aromatic rings. The van der Waals surface area contributed by atoms with E-state index in [-0.39, 0.29) is 0 Å². The Morgan fingerprint density at radius 1 is 1.14 bits per heavy atom. The van der Waals surface area contributed by atoms with Crippen LogP contribution in [0, 0.1) is 23.2 Å². The minimum absolute atomic E-state index is 0.394. The molecular formula is C18H30N2O. The van der Waals surface area contributed by atoms with Gasteiger partial charge in [-0.25, -0.2) is 0 Å². The van der Waals surface area contributed by atoms with Crippen LogP contribution in [-0.2, 0) is 4.79 Å². The first kappa shape index (κ1) is 14.0. The molecule has 4 bridgehead atoms. The summed E-state index contributed by atoms with van der Waals surface area (Å²) in [6.07, 6.45) is 10.5. The Balaban J connectivity index is 1.46. The summed E-state index contributed by atoms with van der Waals surface area (Å²) in [7, 11) is 0. The van der Waals surface area contributed by atoms with Crippen LogP contribution in [0.15, 0.2) is 0 Å². The minimum atomic E-state index is 0.394. The molecule has 1 atom stereocenters. The summed E-state index contributed by atoms with van der Waals surface area (Å²) in [6.45, 7) is 5.11. The van der Waals surface area contributed by atoms with E-state index in [9.17, 15) is 4.79 Å². The number of carbonyl (C=O) groups is 1. The third-order valence-corrected chi connectivity index (χ3v) is 6.83. The Bertz CT molecular complexity index is 378. The summed E-state index contributed by atoms with van der Waals surface area (Å²) in [5.41, 5.74) is 0.394. The van der Waals surface area contributed by atoms with E-state index in [2.05, 4.69) is 17.1 Å². The van der Waals surface area contributed by atoms with Crippen LogP contribution in [0.25, 0.3) is 0 Å². The van der Waals surface area contributed by atoms with Crippen molar-refractivity contribution in [1.29, 1.82) is 0 Å². The van der Waals surface area contributed by atoms with Crippen molar-refractivity contribution in [2.45, 2.75) is 64.3 Å². The molecule has 0 radical (unpaired) electrons. The lowest BCUT2D eigenvalue weighted by Crippen LogP contribution is -2.50. The van der Waals surface area contributed by atoms with Crippen LogP contribution in [0.4, 0.5) is 0 Å². The number of hydrogen-bond donors (Lipinski definition) is 1. The van der Waals surface area contributed by atoms with Gasteiger partial charge in [-0.3, -0.25) is 4.79 Å². The van der Waals surface area contributed by atoms with Gasteiger partial charge in [0.05, 0.1) is 0 Å². The number of amides is 1. The zero-order valence-corrected chi connectivity index (χ0v) is 13.4. The molecule has 118 valence electrons. The van der Waals surface area contributed by atoms with Crippen LogP contribution < -0.4 is 5.32 Å². The molecule has 0 aromatic heterocycles. The average molecular weight is 290 g/mol. The second-order valence-electron chi connectivity index (χ2n) is 8.42. The minimum Gasteiger partial charge on any atom is -0.339 e. The largest absolute Gasteiger partial charge is 0.339 e. The SMILES string of the molecule is CCN(C(=O)CC12CC3CC(CC(C3)C1)C2)C1CCNC1. The fourth-order valence-electron chi connectivity index (χ4n) is 6.47. The Morgan fingerprint density at radius 2 is 1.76 bits per heavy atom. The van der Waals surface area contributed by atoms with Crippen LogP contribution in [0.2, 0.25) is 0 Å². The number of likely N-dealkylation sites (N-methyl/N-ethyl adjacent to an activating group) is 1. The van der Waals surface area contributed by atoms with Crippen molar-refractivity contribution in [3.8, 4) is 0 Å². The topological polar surface area (TPSA) is 32.3 Å². The summed E-state index contributed by atoms with van der Waals surface area (Å²) in [6, 6.07) is 0.455. The molecule has 5 rings (SSSR count). The van der Waals surface area contributed by atoms with Crippen molar-refractivity contribution >= 4 is 5.91 Å². The lowest BCUT2D eigenvalue weighted by atomic mass is 9.49. The summed E-state index contributed by atoms with van der Waals surface area (Å²) >= 11 is 0. The van der Waals surface area contributed by atoms with Gasteiger partial charge in [-0.1, -0.05) is 0 Å². The maximum Gasteiger partial charge on any atom is 0.223 e. The van der Waals surface area contributed by atoms with Crippen LogP contribution in [0.3, 0.4) is 0 Å². The van der Waals surface area contributed by atoms with Gasteiger partial charge in [0.25, 0.3) is 0 Å². The molecule has 1 N–H and O–H groups in total. The highest BCUT2D eigenvalue weighted by atomic mass is 16.2. The molecule has 1 saturated heterocycles. The van der Waals surface area contributed by atoms with Crippen LogP contribution in [0.1, 0.15) is 58.3 Å². The maximum atomic E-state index is 12.9. The van der Waals surface area contributed by atoms with Gasteiger partial charge in [-0.15, -0.1) is 0 Å². The summed E-state index contributed by atoms with van der Waals surface area (Å²) in [5.74, 6) is 3.31. The van der Waals surface area contributed by atoms with E-state index in [0.717, 1.165) is 50.2 Å². The highest BCUT2D eigenvalue weighted by molar-refractivity contribution is 5.77. The van der Waals surface area contributed by atoms with Crippen LogP contribution >= 0.6 is 0 Å². The van der Waals surface area contributed by atoms with Gasteiger partial charge < -0.3 is 10.2 Å². The second-order valence-corrected chi connectivity index (χ2v) is 8.42. The van der Waals surface area contributed by atoms with Gasteiger partial charge in [-0.2, -0.15) is 0 Å². The highest BCUT2D eigenvalue weighted by Crippen LogP contribution is 2.61. The molecule has 4 aliphatic carbocycles. The molecule has 0 spiro atoms. The molecular weight excluding hydrogens is 260 g/mol. The zero-order chi connectivity index (χ0) is 14.4. The standard InChI is InChI=1S/C18H30N2O/c1-2-20(16-3-4-19-12-16)17(21)11-18-8-13-5-14(9-18)7-15(6-13)10-18/h13-16,19H,2-12H2,1H3. The summed E-state index contributed by atoms with van der Waals surface area (Å²) in [4.78, 5) is 15.1. The lowest BCUT2D eigenvalue weighted by molar-refractivity contribution is -0.141. The van der Waals surface area contributed by atoms with Crippen molar-refractivity contribution < 1.29 is 4.79 Å². The van der Waals surface area contributed by atoms with Gasteiger partial charge in [0, 0.05) is 25.6 Å². The Labute approximate surface area is 128 Å². The quantitative estimate of drug-likeness (QED) is 0.863. The third kappa shape index (κ3) is 2.52. The first-order chi connectivity index (χ1) is 10.2. The smallest absolute Gasteiger partial charge is 0.223 e. The van der Waals surface area contributed by atoms with Gasteiger partial charge in [-0.05, 0) is 81.6 Å². The third-order valence-electron chi connectivity index (χ3n) is 6.83. The Hall–Kier alpha value is -0.570. The maximum absolute atomic E-state index is 12.9. The number of rotatable bonds is 4. The molecule has 1 heterocycles. The molecule has 1 amide bonds. The lowest BCUT2D eigenvalue weighted by Gasteiger charge is -2.57. The molecule has 1 aliphatic heterocycles. The van der Waals surface area contributed by atoms with Crippen molar-refractivity contribution in [2.75, 3.05) is 19.6 Å². The average Bonchev–Trinajstić information content (AvgIpc) is 2.91. The van der Waals surface area contributed by atoms with E-state index in [0.29, 0.717) is 17.4 Å². The van der Waals surface area contributed by atoms with Gasteiger partial charge >= 0.3 is 0 Å². The number of carbonyl (C=O) groups excluding carboxylic acids is 1. The van der Waals surface area contributed by atoms with Crippen LogP contribution in [0.5, 0.6) is 0 Å². The molecule has 4 saturated carbocycles. The number of hydrogen-bond acceptors (Lipinski definition) is 2. The van der Waals surface area contributed by atoms with Crippen molar-refractivity contribution in [1.82, 2.24) is 10.2 Å². The van der Waals surface area contributed by atoms with Gasteiger partial charge in [0.1, 0.15) is 0 Å². The Kier molecular flexibility index (Phi) is 3.52. The zero-order valence-electron chi connectivity index (χ0n) is 13.4. The molecule has 5 fully saturated rings. The normalized spacial score (nSPS) is 44.2. The number of nitrogens with zero attached hydrogens (tertiary/aromatic N) is 1. The van der Waals surface area contributed by atoms with E-state index < -0.39 is 0 Å². The van der Waals surface area contributed by atoms with E-state index >= 15 is 0 Å². The monoisotopic (exact) mass is 290 g/mol. The molecule has 3 heteroatoms. The van der Waals surface area contributed by atoms with E-state index in [1.54, 1.807) is 0 Å².